The van der Waals surface area contributed by atoms with Gasteiger partial charge in [-0.05, 0) is 6.92 Å². The fourth-order valence-corrected chi connectivity index (χ4v) is 2.10. The third kappa shape index (κ3) is 6.92. The summed E-state index contributed by atoms with van der Waals surface area (Å²) in [6.45, 7) is 5.56. The van der Waals surface area contributed by atoms with Crippen molar-refractivity contribution in [3.8, 4) is 0 Å². The summed E-state index contributed by atoms with van der Waals surface area (Å²) < 4.78 is 0.980. The Balaban J connectivity index is 2.25. The number of hydrogen-bond acceptors (Lipinski definition) is 2. The van der Waals surface area contributed by atoms with Crippen molar-refractivity contribution in [2.45, 2.75) is 19.9 Å². The lowest BCUT2D eigenvalue weighted by molar-refractivity contribution is -0.903. The number of nitrogens with one attached hydrogen (secondary N) is 1. The third-order valence-corrected chi connectivity index (χ3v) is 3.13. The van der Waals surface area contributed by atoms with Crippen LogP contribution < -0.4 is 5.32 Å². The first-order valence-corrected chi connectivity index (χ1v) is 6.81. The fraction of sp³-hybridized carbons (Fsp3) is 0.500. The number of nitrogens with zero attached hydrogens (tertiary/aromatic N) is 1. The summed E-state index contributed by atoms with van der Waals surface area (Å²) >= 11 is 0. The van der Waals surface area contributed by atoms with Crippen molar-refractivity contribution in [3.05, 3.63) is 41.5 Å². The Morgan fingerprint density at radius 3 is 2.58 bits per heavy atom. The van der Waals surface area contributed by atoms with Gasteiger partial charge < -0.3 is 9.80 Å². The maximum absolute atomic E-state index is 10.3. The molecule has 3 heteroatoms. The lowest BCUT2D eigenvalue weighted by Crippen LogP contribution is -2.40. The summed E-state index contributed by atoms with van der Waals surface area (Å²) in [5.41, 5.74) is 2.11. The molecule has 104 valence electrons. The maximum Gasteiger partial charge on any atom is 0.124 e. The van der Waals surface area contributed by atoms with Gasteiger partial charge in [-0.3, -0.25) is 0 Å². The first-order chi connectivity index (χ1) is 9.03. The minimum Gasteiger partial charge on any atom is -0.325 e. The number of carbonyl (C=O) groups excluding carboxylic acids is 1. The lowest BCUT2D eigenvalue weighted by Gasteiger charge is -2.30. The van der Waals surface area contributed by atoms with Crippen molar-refractivity contribution in [1.82, 2.24) is 5.32 Å². The van der Waals surface area contributed by atoms with Gasteiger partial charge in [-0.1, -0.05) is 30.3 Å². The molecule has 1 N–H and O–H groups in total. The van der Waals surface area contributed by atoms with Crippen molar-refractivity contribution in [3.63, 3.8) is 0 Å². The van der Waals surface area contributed by atoms with E-state index in [1.807, 2.05) is 5.94 Å². The first kappa shape index (κ1) is 15.6. The molecule has 0 amide bonds. The zero-order valence-corrected chi connectivity index (χ0v) is 12.3. The Kier molecular flexibility index (Phi) is 6.51. The highest BCUT2D eigenvalue weighted by atomic mass is 16.1. The van der Waals surface area contributed by atoms with Crippen LogP contribution in [0, 0.1) is 0 Å². The molecule has 0 unspecified atom stereocenters. The molecule has 1 aromatic rings. The summed E-state index contributed by atoms with van der Waals surface area (Å²) in [4.78, 5) is 10.3. The standard InChI is InChI=1S/C16H25N2O/c1-15(14-19)12-17-10-7-11-18(2,3)13-16-8-5-4-6-9-16/h4-6,8-9,17H,7,10-13H2,1-3H3/q+1. The highest BCUT2D eigenvalue weighted by Gasteiger charge is 2.14. The zero-order chi connectivity index (χ0) is 14.1. The highest BCUT2D eigenvalue weighted by Crippen LogP contribution is 2.09. The number of benzene rings is 1. The maximum atomic E-state index is 10.3. The molecule has 0 aliphatic heterocycles. The van der Waals surface area contributed by atoms with Crippen LogP contribution in [0.3, 0.4) is 0 Å². The van der Waals surface area contributed by atoms with E-state index in [2.05, 4.69) is 49.7 Å². The number of quaternary nitrogens is 1. The van der Waals surface area contributed by atoms with E-state index in [1.54, 1.807) is 6.92 Å². The molecule has 1 rings (SSSR count). The van der Waals surface area contributed by atoms with Crippen LogP contribution in [0.2, 0.25) is 0 Å². The summed E-state index contributed by atoms with van der Waals surface area (Å²) in [6, 6.07) is 10.6. The van der Waals surface area contributed by atoms with Crippen molar-refractivity contribution in [2.75, 3.05) is 33.7 Å². The van der Waals surface area contributed by atoms with Gasteiger partial charge in [-0.15, -0.1) is 0 Å². The molecule has 0 atom stereocenters. The van der Waals surface area contributed by atoms with Crippen molar-refractivity contribution < 1.29 is 9.28 Å². The quantitative estimate of drug-likeness (QED) is 0.441. The molecule has 1 aromatic carbocycles. The van der Waals surface area contributed by atoms with Crippen LogP contribution in [0.1, 0.15) is 18.9 Å². The molecular formula is C16H25N2O+. The van der Waals surface area contributed by atoms with Gasteiger partial charge in [0.25, 0.3) is 0 Å². The molecule has 0 heterocycles. The molecule has 0 saturated carbocycles. The first-order valence-electron chi connectivity index (χ1n) is 6.81. The van der Waals surface area contributed by atoms with Crippen molar-refractivity contribution >= 4 is 5.94 Å². The zero-order valence-electron chi connectivity index (χ0n) is 12.3. The van der Waals surface area contributed by atoms with E-state index < -0.39 is 0 Å². The fourth-order valence-electron chi connectivity index (χ4n) is 2.10. The van der Waals surface area contributed by atoms with E-state index in [0.717, 1.165) is 36.1 Å². The summed E-state index contributed by atoms with van der Waals surface area (Å²) in [7, 11) is 4.51. The van der Waals surface area contributed by atoms with E-state index in [1.165, 1.54) is 5.56 Å². The van der Waals surface area contributed by atoms with Gasteiger partial charge in [0.2, 0.25) is 0 Å². The summed E-state index contributed by atoms with van der Waals surface area (Å²) in [5.74, 6) is 1.91. The summed E-state index contributed by atoms with van der Waals surface area (Å²) in [5, 5.41) is 3.26. The Morgan fingerprint density at radius 1 is 1.26 bits per heavy atom. The normalized spacial score (nSPS) is 11.1. The Bertz CT molecular complexity index is 420. The average Bonchev–Trinajstić information content (AvgIpc) is 2.38. The second-order valence-corrected chi connectivity index (χ2v) is 5.72. The van der Waals surface area contributed by atoms with Gasteiger partial charge in [0.1, 0.15) is 12.5 Å². The molecule has 0 bridgehead atoms. The Labute approximate surface area is 116 Å². The van der Waals surface area contributed by atoms with E-state index in [9.17, 15) is 4.79 Å². The molecule has 0 spiro atoms. The number of rotatable bonds is 8. The smallest absolute Gasteiger partial charge is 0.124 e. The molecule has 19 heavy (non-hydrogen) atoms. The van der Waals surface area contributed by atoms with E-state index >= 15 is 0 Å². The van der Waals surface area contributed by atoms with Gasteiger partial charge in [0.05, 0.1) is 20.6 Å². The predicted molar refractivity (Wildman–Crippen MR) is 79.5 cm³/mol. The van der Waals surface area contributed by atoms with E-state index in [0.29, 0.717) is 6.54 Å². The van der Waals surface area contributed by atoms with Gasteiger partial charge in [0, 0.05) is 30.6 Å². The van der Waals surface area contributed by atoms with Crippen LogP contribution in [-0.2, 0) is 11.3 Å². The van der Waals surface area contributed by atoms with Gasteiger partial charge in [0.15, 0.2) is 0 Å². The van der Waals surface area contributed by atoms with Crippen molar-refractivity contribution in [2.24, 2.45) is 0 Å². The SMILES string of the molecule is CC(=C=O)CNCCC[N+](C)(C)Cc1ccccc1. The van der Waals surface area contributed by atoms with Crippen LogP contribution in [-0.4, -0.2) is 44.2 Å². The second kappa shape index (κ2) is 7.90. The van der Waals surface area contributed by atoms with Crippen LogP contribution in [0.5, 0.6) is 0 Å². The van der Waals surface area contributed by atoms with Crippen LogP contribution in [0.4, 0.5) is 0 Å². The largest absolute Gasteiger partial charge is 0.325 e. The highest BCUT2D eigenvalue weighted by molar-refractivity contribution is 5.51. The molecule has 0 fully saturated rings. The van der Waals surface area contributed by atoms with Crippen LogP contribution in [0.25, 0.3) is 0 Å². The predicted octanol–water partition coefficient (Wildman–Crippen LogP) is 2.02. The Hall–Kier alpha value is -1.41. The molecule has 0 aliphatic carbocycles. The molecule has 3 nitrogen and oxygen atoms in total. The van der Waals surface area contributed by atoms with Gasteiger partial charge in [-0.25, -0.2) is 4.79 Å². The molecule has 0 saturated heterocycles. The van der Waals surface area contributed by atoms with Gasteiger partial charge in [-0.2, -0.15) is 0 Å². The third-order valence-electron chi connectivity index (χ3n) is 3.13. The lowest BCUT2D eigenvalue weighted by atomic mass is 10.2. The van der Waals surface area contributed by atoms with Crippen LogP contribution in [0.15, 0.2) is 35.9 Å². The minimum atomic E-state index is 0.648. The topological polar surface area (TPSA) is 29.1 Å². The molecular weight excluding hydrogens is 236 g/mol. The van der Waals surface area contributed by atoms with E-state index in [4.69, 9.17) is 0 Å². The number of hydrogen-bond donors (Lipinski definition) is 1. The Morgan fingerprint density at radius 2 is 1.95 bits per heavy atom. The van der Waals surface area contributed by atoms with E-state index in [-0.39, 0.29) is 0 Å². The summed E-state index contributed by atoms with van der Waals surface area (Å²) in [6.07, 6.45) is 1.10. The minimum absolute atomic E-state index is 0.648. The van der Waals surface area contributed by atoms with Crippen LogP contribution >= 0.6 is 0 Å². The second-order valence-electron chi connectivity index (χ2n) is 5.72. The monoisotopic (exact) mass is 261 g/mol. The molecule has 0 aromatic heterocycles. The average molecular weight is 261 g/mol. The van der Waals surface area contributed by atoms with Crippen molar-refractivity contribution in [1.29, 1.82) is 0 Å². The molecule has 0 aliphatic rings. The molecule has 0 radical (unpaired) electrons. The van der Waals surface area contributed by atoms with Gasteiger partial charge >= 0.3 is 0 Å².